The van der Waals surface area contributed by atoms with E-state index in [2.05, 4.69) is 9.64 Å². The van der Waals surface area contributed by atoms with Gasteiger partial charge in [-0.05, 0) is 55.3 Å². The zero-order chi connectivity index (χ0) is 25.3. The maximum absolute atomic E-state index is 13.2. The van der Waals surface area contributed by atoms with Crippen molar-refractivity contribution in [2.75, 3.05) is 20.2 Å². The molecular weight excluding hydrogens is 462 g/mol. The van der Waals surface area contributed by atoms with Gasteiger partial charge in [-0.1, -0.05) is 12.1 Å². The number of hydrogen-bond donors (Lipinski definition) is 0. The van der Waals surface area contributed by atoms with Crippen LogP contribution < -0.4 is 0 Å². The van der Waals surface area contributed by atoms with E-state index in [0.717, 1.165) is 17.7 Å². The first-order valence-electron chi connectivity index (χ1n) is 10.7. The Bertz CT molecular complexity index is 960. The number of carbonyl (C=O) groups excluding carboxylic acids is 1. The molecule has 34 heavy (non-hydrogen) atoms. The quantitative estimate of drug-likeness (QED) is 0.405. The van der Waals surface area contributed by atoms with E-state index in [1.807, 2.05) is 30.9 Å². The number of ether oxygens (including phenoxy) is 1. The van der Waals surface area contributed by atoms with E-state index in [-0.39, 0.29) is 30.3 Å². The lowest BCUT2D eigenvalue weighted by Gasteiger charge is -2.44. The van der Waals surface area contributed by atoms with Gasteiger partial charge < -0.3 is 4.74 Å². The molecule has 10 heteroatoms. The number of nitrogens with zero attached hydrogens (tertiary/aromatic N) is 2. The van der Waals surface area contributed by atoms with Crippen molar-refractivity contribution in [3.8, 4) is 0 Å². The molecule has 0 aromatic heterocycles. The lowest BCUT2D eigenvalue weighted by atomic mass is 10.0. The molecule has 0 saturated carbocycles. The van der Waals surface area contributed by atoms with Crippen LogP contribution in [0.3, 0.4) is 0 Å². The zero-order valence-corrected chi connectivity index (χ0v) is 19.0. The van der Waals surface area contributed by atoms with Gasteiger partial charge in [-0.15, -0.1) is 0 Å². The number of esters is 1. The van der Waals surface area contributed by atoms with Crippen molar-refractivity contribution in [2.24, 2.45) is 0 Å². The predicted molar refractivity (Wildman–Crippen MR) is 114 cm³/mol. The summed E-state index contributed by atoms with van der Waals surface area (Å²) in [6.45, 7) is 5.58. The number of halogens is 6. The fraction of sp³-hybridized carbons (Fsp3) is 0.458. The summed E-state index contributed by atoms with van der Waals surface area (Å²) in [5.41, 5.74) is -1.20. The van der Waals surface area contributed by atoms with E-state index >= 15 is 0 Å². The van der Waals surface area contributed by atoms with Crippen LogP contribution in [0.1, 0.15) is 46.5 Å². The first-order valence-corrected chi connectivity index (χ1v) is 10.7. The maximum Gasteiger partial charge on any atom is 0.416 e. The molecular formula is C24H26F6N2O2. The Kier molecular flexibility index (Phi) is 7.62. The normalized spacial score (nSPS) is 20.4. The van der Waals surface area contributed by atoms with E-state index in [0.29, 0.717) is 25.2 Å². The molecule has 0 N–H and O–H groups in total. The second-order valence-corrected chi connectivity index (χ2v) is 8.67. The highest BCUT2D eigenvalue weighted by molar-refractivity contribution is 5.89. The number of rotatable bonds is 5. The molecule has 186 valence electrons. The monoisotopic (exact) mass is 488 g/mol. The molecule has 0 amide bonds. The van der Waals surface area contributed by atoms with Crippen LogP contribution in [0.4, 0.5) is 26.3 Å². The van der Waals surface area contributed by atoms with Crippen molar-refractivity contribution in [3.05, 3.63) is 70.3 Å². The summed E-state index contributed by atoms with van der Waals surface area (Å²) in [6.07, 6.45) is -9.73. The van der Waals surface area contributed by atoms with Gasteiger partial charge in [-0.2, -0.15) is 26.3 Å². The number of piperazine rings is 1. The molecule has 2 aromatic carbocycles. The lowest BCUT2D eigenvalue weighted by molar-refractivity contribution is -0.143. The topological polar surface area (TPSA) is 32.8 Å². The van der Waals surface area contributed by atoms with Crippen molar-refractivity contribution in [2.45, 2.75) is 51.4 Å². The van der Waals surface area contributed by atoms with E-state index in [9.17, 15) is 31.1 Å². The molecule has 1 fully saturated rings. The Hall–Kier alpha value is -2.59. The van der Waals surface area contributed by atoms with Crippen LogP contribution in [0.25, 0.3) is 0 Å². The van der Waals surface area contributed by atoms with Gasteiger partial charge in [0, 0.05) is 38.3 Å². The summed E-state index contributed by atoms with van der Waals surface area (Å²) in [7, 11) is 1.31. The minimum absolute atomic E-state index is 0.0169. The molecule has 1 aliphatic rings. The lowest BCUT2D eigenvalue weighted by Crippen LogP contribution is -2.55. The van der Waals surface area contributed by atoms with Crippen molar-refractivity contribution in [1.82, 2.24) is 9.80 Å². The molecule has 0 aliphatic carbocycles. The summed E-state index contributed by atoms with van der Waals surface area (Å²) in [5, 5.41) is 0. The number of methoxy groups -OCH3 is 1. The van der Waals surface area contributed by atoms with Crippen molar-refractivity contribution < 1.29 is 35.9 Å². The van der Waals surface area contributed by atoms with Gasteiger partial charge in [0.2, 0.25) is 0 Å². The molecule has 2 aromatic rings. The average Bonchev–Trinajstić information content (AvgIpc) is 2.75. The molecule has 1 saturated heterocycles. The number of hydrogen-bond acceptors (Lipinski definition) is 4. The molecule has 3 rings (SSSR count). The van der Waals surface area contributed by atoms with Crippen LogP contribution in [-0.2, 0) is 30.2 Å². The first-order chi connectivity index (χ1) is 15.8. The Morgan fingerprint density at radius 2 is 1.35 bits per heavy atom. The highest BCUT2D eigenvalue weighted by Gasteiger charge is 2.37. The van der Waals surface area contributed by atoms with Gasteiger partial charge in [-0.3, -0.25) is 9.80 Å². The first kappa shape index (κ1) is 26.0. The Morgan fingerprint density at radius 1 is 0.853 bits per heavy atom. The third-order valence-electron chi connectivity index (χ3n) is 5.97. The Labute approximate surface area is 194 Å². The van der Waals surface area contributed by atoms with Crippen LogP contribution in [-0.4, -0.2) is 48.1 Å². The predicted octanol–water partition coefficient (Wildman–Crippen LogP) is 5.61. The molecule has 4 nitrogen and oxygen atoms in total. The molecule has 0 spiro atoms. The average molecular weight is 488 g/mol. The Balaban J connectivity index is 1.72. The second-order valence-electron chi connectivity index (χ2n) is 8.67. The maximum atomic E-state index is 13.2. The largest absolute Gasteiger partial charge is 0.465 e. The fourth-order valence-corrected chi connectivity index (χ4v) is 4.35. The summed E-state index contributed by atoms with van der Waals surface area (Å²) in [5.74, 6) is -0.425. The van der Waals surface area contributed by atoms with E-state index in [1.54, 1.807) is 12.1 Å². The minimum Gasteiger partial charge on any atom is -0.465 e. The molecule has 1 heterocycles. The smallest absolute Gasteiger partial charge is 0.416 e. The van der Waals surface area contributed by atoms with E-state index < -0.39 is 29.4 Å². The van der Waals surface area contributed by atoms with Crippen molar-refractivity contribution in [1.29, 1.82) is 0 Å². The van der Waals surface area contributed by atoms with Crippen LogP contribution in [0.15, 0.2) is 42.5 Å². The van der Waals surface area contributed by atoms with Gasteiger partial charge in [0.15, 0.2) is 0 Å². The Morgan fingerprint density at radius 3 is 1.79 bits per heavy atom. The van der Waals surface area contributed by atoms with Crippen molar-refractivity contribution >= 4 is 5.97 Å². The zero-order valence-electron chi connectivity index (χ0n) is 19.0. The summed E-state index contributed by atoms with van der Waals surface area (Å²) >= 11 is 0. The van der Waals surface area contributed by atoms with E-state index in [4.69, 9.17) is 0 Å². The highest BCUT2D eigenvalue weighted by atomic mass is 19.4. The number of carbonyl (C=O) groups is 1. The standard InChI is InChI=1S/C24H26F6N2O2/c1-15-11-31(13-17-4-6-19(7-5-17)22(33)34-3)12-16(2)32(15)14-18-8-20(23(25,26)27)10-21(9-18)24(28,29)30/h4-10,15-16H,11-14H2,1-3H3/t15-,16+. The molecule has 0 unspecified atom stereocenters. The molecule has 2 atom stereocenters. The highest BCUT2D eigenvalue weighted by Crippen LogP contribution is 2.37. The summed E-state index contributed by atoms with van der Waals surface area (Å²) in [6, 6.07) is 8.56. The SMILES string of the molecule is COC(=O)c1ccc(CN2C[C@@H](C)N(Cc3cc(C(F)(F)F)cc(C(F)(F)F)c3)[C@@H](C)C2)cc1. The van der Waals surface area contributed by atoms with Gasteiger partial charge in [0.25, 0.3) is 0 Å². The third-order valence-corrected chi connectivity index (χ3v) is 5.97. The fourth-order valence-electron chi connectivity index (χ4n) is 4.35. The molecule has 1 aliphatic heterocycles. The van der Waals surface area contributed by atoms with Crippen LogP contribution >= 0.6 is 0 Å². The van der Waals surface area contributed by atoms with E-state index in [1.165, 1.54) is 7.11 Å². The van der Waals surface area contributed by atoms with Gasteiger partial charge in [0.1, 0.15) is 0 Å². The van der Waals surface area contributed by atoms with Crippen LogP contribution in [0.2, 0.25) is 0 Å². The van der Waals surface area contributed by atoms with Gasteiger partial charge in [-0.25, -0.2) is 4.79 Å². The van der Waals surface area contributed by atoms with Gasteiger partial charge >= 0.3 is 18.3 Å². The molecule has 0 bridgehead atoms. The third kappa shape index (κ3) is 6.29. The number of benzene rings is 2. The summed E-state index contributed by atoms with van der Waals surface area (Å²) in [4.78, 5) is 15.7. The van der Waals surface area contributed by atoms with Crippen LogP contribution in [0, 0.1) is 0 Å². The molecule has 0 radical (unpaired) electrons. The summed E-state index contributed by atoms with van der Waals surface area (Å²) < 4.78 is 83.9. The number of alkyl halides is 6. The minimum atomic E-state index is -4.87. The van der Waals surface area contributed by atoms with Gasteiger partial charge in [0.05, 0.1) is 23.8 Å². The second kappa shape index (κ2) is 9.95. The van der Waals surface area contributed by atoms with Crippen LogP contribution in [0.5, 0.6) is 0 Å². The van der Waals surface area contributed by atoms with Crippen molar-refractivity contribution in [3.63, 3.8) is 0 Å².